The lowest BCUT2D eigenvalue weighted by Gasteiger charge is -2.51. The average Bonchev–Trinajstić information content (AvgIpc) is 2.71. The van der Waals surface area contributed by atoms with E-state index in [2.05, 4.69) is 16.8 Å². The zero-order valence-electron chi connectivity index (χ0n) is 15.7. The molecule has 5 rings (SSSR count). The van der Waals surface area contributed by atoms with E-state index >= 15 is 0 Å². The number of hydrogen-bond donors (Lipinski definition) is 1. The molecule has 1 aromatic heterocycles. The average molecular weight is 371 g/mol. The van der Waals surface area contributed by atoms with Crippen molar-refractivity contribution in [2.45, 2.75) is 38.3 Å². The van der Waals surface area contributed by atoms with Crippen molar-refractivity contribution >= 4 is 16.6 Å². The van der Waals surface area contributed by atoms with Crippen LogP contribution in [0.2, 0.25) is 0 Å². The number of pyridine rings is 1. The Bertz CT molecular complexity index is 872. The Morgan fingerprint density at radius 3 is 2.89 bits per heavy atom. The maximum atomic E-state index is 11.8. The number of aliphatic hydroxyl groups is 1. The molecule has 1 aromatic carbocycles. The van der Waals surface area contributed by atoms with Gasteiger partial charge in [-0.05, 0) is 49.4 Å². The third-order valence-corrected chi connectivity index (χ3v) is 6.42. The van der Waals surface area contributed by atoms with E-state index in [0.29, 0.717) is 28.3 Å². The summed E-state index contributed by atoms with van der Waals surface area (Å²) in [5, 5.41) is 23.4. The molecular weight excluding hydrogens is 346 g/mol. The molecule has 0 radical (unpaired) electrons. The molecular formula is C20H25N3O4. The van der Waals surface area contributed by atoms with Gasteiger partial charge in [0, 0.05) is 24.3 Å². The number of rotatable bonds is 5. The maximum Gasteiger partial charge on any atom is 0.320 e. The largest absolute Gasteiger partial charge is 0.490 e. The predicted octanol–water partition coefficient (Wildman–Crippen LogP) is 3.31. The summed E-state index contributed by atoms with van der Waals surface area (Å²) >= 11 is 0. The predicted molar refractivity (Wildman–Crippen MR) is 102 cm³/mol. The molecule has 2 unspecified atom stereocenters. The Hall–Kier alpha value is -2.25. The maximum absolute atomic E-state index is 11.8. The molecule has 3 fully saturated rings. The molecule has 2 aromatic rings. The molecule has 3 aliphatic heterocycles. The number of methoxy groups -OCH3 is 1. The summed E-state index contributed by atoms with van der Waals surface area (Å²) in [5.41, 5.74) is 0.942. The van der Waals surface area contributed by atoms with Crippen LogP contribution in [0, 0.1) is 22.0 Å². The Labute approximate surface area is 158 Å². The van der Waals surface area contributed by atoms with Crippen molar-refractivity contribution in [2.24, 2.45) is 11.8 Å². The van der Waals surface area contributed by atoms with Crippen LogP contribution in [0.4, 0.5) is 5.69 Å². The van der Waals surface area contributed by atoms with Crippen molar-refractivity contribution in [3.05, 3.63) is 40.1 Å². The van der Waals surface area contributed by atoms with Gasteiger partial charge in [0.2, 0.25) is 0 Å². The lowest BCUT2D eigenvalue weighted by Crippen LogP contribution is -2.55. The van der Waals surface area contributed by atoms with Crippen LogP contribution in [-0.2, 0) is 0 Å². The van der Waals surface area contributed by atoms with Gasteiger partial charge in [0.1, 0.15) is 0 Å². The molecule has 3 saturated heterocycles. The van der Waals surface area contributed by atoms with Crippen LogP contribution in [0.1, 0.15) is 37.9 Å². The number of nitro groups is 1. The second-order valence-electron chi connectivity index (χ2n) is 7.63. The first-order valence-corrected chi connectivity index (χ1v) is 9.57. The fourth-order valence-corrected chi connectivity index (χ4v) is 5.01. The minimum absolute atomic E-state index is 0.0112. The summed E-state index contributed by atoms with van der Waals surface area (Å²) in [4.78, 5) is 18.0. The number of fused-ring (bicyclic) bond motifs is 4. The van der Waals surface area contributed by atoms with Crippen LogP contribution >= 0.6 is 0 Å². The second-order valence-corrected chi connectivity index (χ2v) is 7.63. The zero-order valence-corrected chi connectivity index (χ0v) is 15.7. The molecule has 5 atom stereocenters. The van der Waals surface area contributed by atoms with Gasteiger partial charge in [-0.2, -0.15) is 0 Å². The molecule has 3 aliphatic rings. The third kappa shape index (κ3) is 2.95. The molecule has 7 nitrogen and oxygen atoms in total. The highest BCUT2D eigenvalue weighted by Crippen LogP contribution is 2.44. The lowest BCUT2D eigenvalue weighted by atomic mass is 9.72. The van der Waals surface area contributed by atoms with Crippen LogP contribution < -0.4 is 4.74 Å². The van der Waals surface area contributed by atoms with Gasteiger partial charge in [-0.3, -0.25) is 20.0 Å². The number of aliphatic hydroxyl groups excluding tert-OH is 1. The van der Waals surface area contributed by atoms with Crippen LogP contribution in [0.15, 0.2) is 24.4 Å². The first-order valence-electron chi connectivity index (χ1n) is 9.57. The Kier molecular flexibility index (Phi) is 4.74. The van der Waals surface area contributed by atoms with E-state index in [-0.39, 0.29) is 17.5 Å². The molecule has 144 valence electrons. The van der Waals surface area contributed by atoms with Gasteiger partial charge in [0.05, 0.1) is 29.0 Å². The summed E-state index contributed by atoms with van der Waals surface area (Å²) in [6.45, 7) is 4.21. The first kappa shape index (κ1) is 18.1. The lowest BCUT2D eigenvalue weighted by molar-refractivity contribution is -0.384. The summed E-state index contributed by atoms with van der Waals surface area (Å²) in [5.74, 6) is 1.49. The summed E-state index contributed by atoms with van der Waals surface area (Å²) in [6, 6.07) is 4.96. The van der Waals surface area contributed by atoms with E-state index in [1.807, 2.05) is 0 Å². The monoisotopic (exact) mass is 371 g/mol. The van der Waals surface area contributed by atoms with E-state index in [1.165, 1.54) is 13.5 Å². The van der Waals surface area contributed by atoms with Crippen LogP contribution in [0.25, 0.3) is 10.9 Å². The molecule has 4 heterocycles. The molecule has 2 bridgehead atoms. The van der Waals surface area contributed by atoms with Gasteiger partial charge in [0.15, 0.2) is 5.75 Å². The van der Waals surface area contributed by atoms with Gasteiger partial charge >= 0.3 is 5.69 Å². The minimum Gasteiger partial charge on any atom is -0.490 e. The highest BCUT2D eigenvalue weighted by Gasteiger charge is 2.43. The van der Waals surface area contributed by atoms with Crippen molar-refractivity contribution < 1.29 is 14.8 Å². The minimum atomic E-state index is -0.790. The molecule has 0 spiro atoms. The van der Waals surface area contributed by atoms with Gasteiger partial charge in [-0.1, -0.05) is 13.3 Å². The van der Waals surface area contributed by atoms with E-state index in [1.54, 1.807) is 24.4 Å². The zero-order chi connectivity index (χ0) is 19.1. The van der Waals surface area contributed by atoms with Crippen LogP contribution in [0.5, 0.6) is 5.75 Å². The Morgan fingerprint density at radius 1 is 1.44 bits per heavy atom. The number of hydrogen-bond acceptors (Lipinski definition) is 6. The Balaban J connectivity index is 1.79. The number of piperidine rings is 3. The van der Waals surface area contributed by atoms with Gasteiger partial charge in [-0.15, -0.1) is 0 Å². The molecule has 0 amide bonds. The van der Waals surface area contributed by atoms with Gasteiger partial charge in [0.25, 0.3) is 0 Å². The summed E-state index contributed by atoms with van der Waals surface area (Å²) in [7, 11) is 1.41. The molecule has 7 heteroatoms. The first-order chi connectivity index (χ1) is 13.0. The molecule has 0 saturated carbocycles. The number of benzene rings is 1. The number of ether oxygens (including phenoxy) is 1. The molecule has 0 aliphatic carbocycles. The summed E-state index contributed by atoms with van der Waals surface area (Å²) < 4.78 is 5.21. The summed E-state index contributed by atoms with van der Waals surface area (Å²) in [6.07, 6.45) is 4.09. The fraction of sp³-hybridized carbons (Fsp3) is 0.550. The van der Waals surface area contributed by atoms with E-state index in [4.69, 9.17) is 4.74 Å². The van der Waals surface area contributed by atoms with Gasteiger partial charge < -0.3 is 9.84 Å². The van der Waals surface area contributed by atoms with Crippen LogP contribution in [-0.4, -0.2) is 46.2 Å². The quantitative estimate of drug-likeness (QED) is 0.641. The number of nitro benzene ring substituents is 1. The van der Waals surface area contributed by atoms with E-state index in [0.717, 1.165) is 25.9 Å². The van der Waals surface area contributed by atoms with Crippen molar-refractivity contribution in [1.29, 1.82) is 0 Å². The number of nitrogens with zero attached hydrogens (tertiary/aromatic N) is 3. The standard InChI is InChI=1S/C20H25N3O4/c1-3-12-11-22-9-7-13(12)10-16(22)20(24)14-6-8-21-15-4-5-17(27-2)19(18(14)15)23(25)26/h4-6,8,12-13,16,20,24H,3,7,9-11H2,1-2H3/t12-,13?,16-,20+/m0/s1. The van der Waals surface area contributed by atoms with Crippen molar-refractivity contribution in [3.63, 3.8) is 0 Å². The smallest absolute Gasteiger partial charge is 0.320 e. The van der Waals surface area contributed by atoms with Crippen molar-refractivity contribution in [2.75, 3.05) is 20.2 Å². The number of aromatic nitrogens is 1. The van der Waals surface area contributed by atoms with E-state index in [9.17, 15) is 15.2 Å². The topological polar surface area (TPSA) is 88.7 Å². The Morgan fingerprint density at radius 2 is 2.26 bits per heavy atom. The highest BCUT2D eigenvalue weighted by molar-refractivity contribution is 5.94. The molecule has 1 N–H and O–H groups in total. The fourth-order valence-electron chi connectivity index (χ4n) is 5.01. The SMILES string of the molecule is CC[C@H]1CN2CCC1C[C@H]2[C@H](O)c1ccnc2ccc(OC)c([N+](=O)[O-])c12. The second kappa shape index (κ2) is 7.05. The third-order valence-electron chi connectivity index (χ3n) is 6.42. The van der Waals surface area contributed by atoms with E-state index < -0.39 is 11.0 Å². The van der Waals surface area contributed by atoms with Crippen molar-refractivity contribution in [3.8, 4) is 5.75 Å². The highest BCUT2D eigenvalue weighted by atomic mass is 16.6. The van der Waals surface area contributed by atoms with Crippen LogP contribution in [0.3, 0.4) is 0 Å². The molecule has 27 heavy (non-hydrogen) atoms. The normalized spacial score (nSPS) is 28.3. The van der Waals surface area contributed by atoms with Crippen molar-refractivity contribution in [1.82, 2.24) is 9.88 Å². The van der Waals surface area contributed by atoms with Gasteiger partial charge in [-0.25, -0.2) is 0 Å².